The van der Waals surface area contributed by atoms with Gasteiger partial charge < -0.3 is 26.0 Å². The van der Waals surface area contributed by atoms with E-state index in [0.29, 0.717) is 6.07 Å². The number of ether oxygens (including phenoxy) is 1. The minimum Gasteiger partial charge on any atom is -0.449 e. The van der Waals surface area contributed by atoms with Crippen LogP contribution >= 0.6 is 0 Å². The van der Waals surface area contributed by atoms with Gasteiger partial charge in [-0.15, -0.1) is 0 Å². The van der Waals surface area contributed by atoms with Gasteiger partial charge in [0, 0.05) is 24.1 Å². The number of aliphatic hydroxyl groups is 2. The van der Waals surface area contributed by atoms with Crippen molar-refractivity contribution in [1.82, 2.24) is 5.32 Å². The first kappa shape index (κ1) is 22.7. The Bertz CT molecular complexity index is 1130. The number of rotatable bonds is 7. The summed E-state index contributed by atoms with van der Waals surface area (Å²) in [5, 5.41) is 22.8. The number of hydrogen-bond acceptors (Lipinski definition) is 5. The van der Waals surface area contributed by atoms with E-state index in [4.69, 9.17) is 10.5 Å². The summed E-state index contributed by atoms with van der Waals surface area (Å²) in [6.07, 6.45) is -3.78. The highest BCUT2D eigenvalue weighted by Crippen LogP contribution is 2.44. The first-order valence-corrected chi connectivity index (χ1v) is 10.6. The summed E-state index contributed by atoms with van der Waals surface area (Å²) in [6.45, 7) is 0.123. The SMILES string of the molecule is Nc1cc(C(O)C(O)CCNC(=O)OCC2c3ccccc3-c3ccccc32)c(F)cc1F. The second-order valence-corrected chi connectivity index (χ2v) is 7.95. The van der Waals surface area contributed by atoms with Crippen molar-refractivity contribution in [2.24, 2.45) is 0 Å². The fourth-order valence-electron chi connectivity index (χ4n) is 4.15. The highest BCUT2D eigenvalue weighted by Gasteiger charge is 2.29. The number of carbonyl (C=O) groups is 1. The Morgan fingerprint density at radius 2 is 1.61 bits per heavy atom. The molecular formula is C25H24F2N2O4. The quantitative estimate of drug-likeness (QED) is 0.406. The van der Waals surface area contributed by atoms with Crippen LogP contribution < -0.4 is 11.1 Å². The number of fused-ring (bicyclic) bond motifs is 3. The van der Waals surface area contributed by atoms with Gasteiger partial charge in [0.25, 0.3) is 0 Å². The Labute approximate surface area is 189 Å². The number of carbonyl (C=O) groups excluding carboxylic acids is 1. The second kappa shape index (κ2) is 9.56. The molecule has 1 aliphatic rings. The number of alkyl carbamates (subject to hydrolysis) is 1. The molecular weight excluding hydrogens is 430 g/mol. The molecule has 0 heterocycles. The molecule has 0 aliphatic heterocycles. The van der Waals surface area contributed by atoms with Crippen molar-refractivity contribution in [2.75, 3.05) is 18.9 Å². The molecule has 4 rings (SSSR count). The standard InChI is InChI=1S/C25H24F2N2O4/c26-20-12-21(27)22(28)11-18(20)24(31)23(30)9-10-29-25(32)33-13-19-16-7-3-1-5-14(16)15-6-2-4-8-17(15)19/h1-8,11-12,19,23-24,30-31H,9-10,13,28H2,(H,29,32). The minimum absolute atomic E-state index is 0.0206. The summed E-state index contributed by atoms with van der Waals surface area (Å²) in [7, 11) is 0. The van der Waals surface area contributed by atoms with E-state index in [1.54, 1.807) is 0 Å². The van der Waals surface area contributed by atoms with Gasteiger partial charge in [-0.1, -0.05) is 48.5 Å². The number of nitrogen functional groups attached to an aromatic ring is 1. The Morgan fingerprint density at radius 3 is 2.24 bits per heavy atom. The lowest BCUT2D eigenvalue weighted by Crippen LogP contribution is -2.31. The van der Waals surface area contributed by atoms with Crippen LogP contribution in [-0.4, -0.2) is 35.6 Å². The zero-order chi connectivity index (χ0) is 23.5. The Hall–Kier alpha value is -3.49. The summed E-state index contributed by atoms with van der Waals surface area (Å²) < 4.78 is 32.6. The molecule has 3 aromatic rings. The van der Waals surface area contributed by atoms with E-state index in [1.807, 2.05) is 48.5 Å². The fraction of sp³-hybridized carbons (Fsp3) is 0.240. The van der Waals surface area contributed by atoms with Crippen LogP contribution in [0.15, 0.2) is 60.7 Å². The van der Waals surface area contributed by atoms with Crippen LogP contribution in [0.3, 0.4) is 0 Å². The van der Waals surface area contributed by atoms with Gasteiger partial charge in [-0.2, -0.15) is 0 Å². The molecule has 0 bridgehead atoms. The van der Waals surface area contributed by atoms with Gasteiger partial charge in [-0.25, -0.2) is 13.6 Å². The average Bonchev–Trinajstić information content (AvgIpc) is 3.13. The van der Waals surface area contributed by atoms with Crippen LogP contribution in [0, 0.1) is 11.6 Å². The summed E-state index contributed by atoms with van der Waals surface area (Å²) in [5.41, 5.74) is 9.16. The van der Waals surface area contributed by atoms with Crippen LogP contribution in [0.4, 0.5) is 19.3 Å². The molecule has 2 unspecified atom stereocenters. The van der Waals surface area contributed by atoms with Crippen LogP contribution in [-0.2, 0) is 4.74 Å². The van der Waals surface area contributed by atoms with Crippen LogP contribution in [0.2, 0.25) is 0 Å². The largest absolute Gasteiger partial charge is 0.449 e. The third-order valence-corrected chi connectivity index (χ3v) is 5.85. The highest BCUT2D eigenvalue weighted by atomic mass is 19.1. The van der Waals surface area contributed by atoms with Gasteiger partial charge in [-0.3, -0.25) is 0 Å². The van der Waals surface area contributed by atoms with E-state index in [0.717, 1.165) is 28.3 Å². The topological polar surface area (TPSA) is 105 Å². The number of halogens is 2. The summed E-state index contributed by atoms with van der Waals surface area (Å²) in [6, 6.07) is 17.4. The van der Waals surface area contributed by atoms with E-state index in [-0.39, 0.29) is 36.7 Å². The Kier molecular flexibility index (Phi) is 6.57. The van der Waals surface area contributed by atoms with Crippen molar-refractivity contribution < 1.29 is 28.5 Å². The van der Waals surface area contributed by atoms with E-state index < -0.39 is 29.9 Å². The van der Waals surface area contributed by atoms with Crippen LogP contribution in [0.1, 0.15) is 35.1 Å². The monoisotopic (exact) mass is 454 g/mol. The first-order valence-electron chi connectivity index (χ1n) is 10.6. The Morgan fingerprint density at radius 1 is 1.00 bits per heavy atom. The van der Waals surface area contributed by atoms with E-state index in [2.05, 4.69) is 5.32 Å². The molecule has 8 heteroatoms. The Balaban J connectivity index is 1.30. The second-order valence-electron chi connectivity index (χ2n) is 7.95. The van der Waals surface area contributed by atoms with Crippen LogP contribution in [0.5, 0.6) is 0 Å². The highest BCUT2D eigenvalue weighted by molar-refractivity contribution is 5.79. The molecule has 0 spiro atoms. The lowest BCUT2D eigenvalue weighted by molar-refractivity contribution is 0.0116. The predicted octanol–water partition coefficient (Wildman–Crippen LogP) is 3.87. The van der Waals surface area contributed by atoms with Crippen molar-refractivity contribution in [1.29, 1.82) is 0 Å². The van der Waals surface area contributed by atoms with Gasteiger partial charge in [0.05, 0.1) is 11.8 Å². The molecule has 172 valence electrons. The summed E-state index contributed by atoms with van der Waals surface area (Å²) >= 11 is 0. The van der Waals surface area contributed by atoms with Crippen LogP contribution in [0.25, 0.3) is 11.1 Å². The van der Waals surface area contributed by atoms with Crippen molar-refractivity contribution in [2.45, 2.75) is 24.5 Å². The van der Waals surface area contributed by atoms with Crippen molar-refractivity contribution in [3.05, 3.63) is 89.0 Å². The molecule has 1 aliphatic carbocycles. The number of anilines is 1. The molecule has 0 saturated heterocycles. The summed E-state index contributed by atoms with van der Waals surface area (Å²) in [4.78, 5) is 12.2. The zero-order valence-electron chi connectivity index (χ0n) is 17.7. The third-order valence-electron chi connectivity index (χ3n) is 5.85. The van der Waals surface area contributed by atoms with Crippen molar-refractivity contribution in [3.63, 3.8) is 0 Å². The number of nitrogens with two attached hydrogens (primary N) is 1. The smallest absolute Gasteiger partial charge is 0.407 e. The third kappa shape index (κ3) is 4.67. The molecule has 1 amide bonds. The maximum atomic E-state index is 13.9. The zero-order valence-corrected chi connectivity index (χ0v) is 17.7. The normalized spacial score (nSPS) is 14.3. The lowest BCUT2D eigenvalue weighted by Gasteiger charge is -2.19. The maximum absolute atomic E-state index is 13.9. The minimum atomic E-state index is -1.63. The molecule has 0 aromatic heterocycles. The van der Waals surface area contributed by atoms with E-state index in [1.165, 1.54) is 0 Å². The molecule has 6 nitrogen and oxygen atoms in total. The number of amides is 1. The molecule has 0 fully saturated rings. The maximum Gasteiger partial charge on any atom is 0.407 e. The van der Waals surface area contributed by atoms with Gasteiger partial charge in [0.15, 0.2) is 0 Å². The van der Waals surface area contributed by atoms with Gasteiger partial charge in [0.1, 0.15) is 24.3 Å². The number of nitrogens with one attached hydrogen (secondary N) is 1. The van der Waals surface area contributed by atoms with Crippen molar-refractivity contribution in [3.8, 4) is 11.1 Å². The summed E-state index contributed by atoms with van der Waals surface area (Å²) in [5.74, 6) is -2.05. The average molecular weight is 454 g/mol. The van der Waals surface area contributed by atoms with Crippen molar-refractivity contribution >= 4 is 11.8 Å². The number of benzene rings is 3. The number of hydrogen-bond donors (Lipinski definition) is 4. The van der Waals surface area contributed by atoms with Gasteiger partial charge in [-0.05, 0) is 34.7 Å². The van der Waals surface area contributed by atoms with Gasteiger partial charge in [0.2, 0.25) is 0 Å². The van der Waals surface area contributed by atoms with E-state index >= 15 is 0 Å². The van der Waals surface area contributed by atoms with E-state index in [9.17, 15) is 23.8 Å². The first-order chi connectivity index (χ1) is 15.9. The molecule has 0 saturated carbocycles. The number of aliphatic hydroxyl groups excluding tert-OH is 2. The fourth-order valence-corrected chi connectivity index (χ4v) is 4.15. The molecule has 5 N–H and O–H groups in total. The lowest BCUT2D eigenvalue weighted by atomic mass is 9.98. The van der Waals surface area contributed by atoms with Gasteiger partial charge >= 0.3 is 6.09 Å². The molecule has 33 heavy (non-hydrogen) atoms. The molecule has 3 aromatic carbocycles. The molecule has 2 atom stereocenters. The molecule has 0 radical (unpaired) electrons. The predicted molar refractivity (Wildman–Crippen MR) is 119 cm³/mol.